The van der Waals surface area contributed by atoms with E-state index in [1.165, 1.54) is 0 Å². The third-order valence-corrected chi connectivity index (χ3v) is 2.07. The highest BCUT2D eigenvalue weighted by atomic mass is 16.2. The molecule has 0 aromatic rings. The van der Waals surface area contributed by atoms with Gasteiger partial charge in [-0.1, -0.05) is 0 Å². The second-order valence-electron chi connectivity index (χ2n) is 3.40. The van der Waals surface area contributed by atoms with Crippen LogP contribution in [0.25, 0.3) is 0 Å². The van der Waals surface area contributed by atoms with Gasteiger partial charge in [-0.15, -0.1) is 4.99 Å². The zero-order valence-electron chi connectivity index (χ0n) is 10.1. The minimum Gasteiger partial charge on any atom is -0.352 e. The summed E-state index contributed by atoms with van der Waals surface area (Å²) in [7, 11) is 0. The summed E-state index contributed by atoms with van der Waals surface area (Å²) < 4.78 is 0. The maximum atomic E-state index is 11.3. The van der Waals surface area contributed by atoms with Crippen LogP contribution in [0.2, 0.25) is 0 Å². The molecule has 7 N–H and O–H groups in total. The number of nitriles is 1. The Balaban J connectivity index is 2.30. The second-order valence-corrected chi connectivity index (χ2v) is 3.40. The largest absolute Gasteiger partial charge is 0.352 e. The van der Waals surface area contributed by atoms with E-state index in [2.05, 4.69) is 31.6 Å². The molecule has 1 saturated heterocycles. The van der Waals surface area contributed by atoms with E-state index in [4.69, 9.17) is 11.0 Å². The number of nitrogens with two attached hydrogens (primary N) is 1. The summed E-state index contributed by atoms with van der Waals surface area (Å²) in [5.41, 5.74) is 4.83. The monoisotopic (exact) mass is 269 g/mol. The number of hydrogen-bond donors (Lipinski definition) is 6. The Morgan fingerprint density at radius 1 is 1.47 bits per heavy atom. The van der Waals surface area contributed by atoms with Crippen molar-refractivity contribution in [3.05, 3.63) is 0 Å². The van der Waals surface area contributed by atoms with Gasteiger partial charge in [-0.25, -0.2) is 9.59 Å². The van der Waals surface area contributed by atoms with Crippen molar-refractivity contribution in [2.45, 2.75) is 0 Å². The van der Waals surface area contributed by atoms with Gasteiger partial charge in [0.2, 0.25) is 12.2 Å². The van der Waals surface area contributed by atoms with E-state index >= 15 is 0 Å². The maximum absolute atomic E-state index is 11.3. The summed E-state index contributed by atoms with van der Waals surface area (Å²) >= 11 is 0. The normalized spacial score (nSPS) is 16.2. The number of aliphatic imine (C=N–C) groups is 1. The molecular weight excluding hydrogens is 254 g/mol. The summed E-state index contributed by atoms with van der Waals surface area (Å²) in [4.78, 5) is 26.9. The highest BCUT2D eigenvalue weighted by Crippen LogP contribution is 1.90. The first-order chi connectivity index (χ1) is 9.13. The Kier molecular flexibility index (Phi) is 5.70. The molecule has 0 aromatic heterocycles. The van der Waals surface area contributed by atoms with Gasteiger partial charge in [0.05, 0.1) is 26.7 Å². The van der Waals surface area contributed by atoms with Crippen LogP contribution in [0.1, 0.15) is 0 Å². The molecule has 1 aliphatic heterocycles. The predicted molar refractivity (Wildman–Crippen MR) is 65.0 cm³/mol. The first-order valence-electron chi connectivity index (χ1n) is 5.35. The summed E-state index contributed by atoms with van der Waals surface area (Å²) in [6.45, 7) is 0.999. The number of carbonyl (C=O) groups is 2. The van der Waals surface area contributed by atoms with E-state index < -0.39 is 12.1 Å². The molecule has 0 saturated carbocycles. The molecule has 1 fully saturated rings. The third kappa shape index (κ3) is 5.41. The van der Waals surface area contributed by atoms with Gasteiger partial charge in [-0.05, 0) is 0 Å². The Hall–Kier alpha value is -2.74. The number of carbonyl (C=O) groups excluding carboxylic acids is 2. The average molecular weight is 269 g/mol. The Morgan fingerprint density at radius 3 is 2.95 bits per heavy atom. The highest BCUT2D eigenvalue weighted by molar-refractivity contribution is 5.82. The molecule has 0 bridgehead atoms. The van der Waals surface area contributed by atoms with Gasteiger partial charge in [0.1, 0.15) is 0 Å². The Labute approximate surface area is 109 Å². The van der Waals surface area contributed by atoms with Gasteiger partial charge in [0, 0.05) is 0 Å². The van der Waals surface area contributed by atoms with Crippen LogP contribution in [-0.4, -0.2) is 49.6 Å². The predicted octanol–water partition coefficient (Wildman–Crippen LogP) is -2.88. The van der Waals surface area contributed by atoms with Crippen molar-refractivity contribution in [1.29, 1.82) is 5.26 Å². The van der Waals surface area contributed by atoms with Crippen LogP contribution in [0.5, 0.6) is 0 Å². The lowest BCUT2D eigenvalue weighted by Gasteiger charge is -2.30. The van der Waals surface area contributed by atoms with Gasteiger partial charge in [0.15, 0.2) is 0 Å². The fraction of sp³-hybridized carbons (Fsp3) is 0.500. The lowest BCUT2D eigenvalue weighted by molar-refractivity contribution is 0.230. The maximum Gasteiger partial charge on any atom is 0.317 e. The van der Waals surface area contributed by atoms with Crippen molar-refractivity contribution in [2.24, 2.45) is 10.7 Å². The van der Waals surface area contributed by atoms with Crippen LogP contribution >= 0.6 is 0 Å². The number of urea groups is 2. The van der Waals surface area contributed by atoms with Crippen LogP contribution in [0, 0.1) is 11.5 Å². The fourth-order valence-electron chi connectivity index (χ4n) is 1.25. The smallest absolute Gasteiger partial charge is 0.317 e. The summed E-state index contributed by atoms with van der Waals surface area (Å²) in [5, 5.41) is 21.4. The van der Waals surface area contributed by atoms with Crippen molar-refractivity contribution < 1.29 is 9.59 Å². The molecule has 1 heterocycles. The van der Waals surface area contributed by atoms with Crippen LogP contribution in [-0.2, 0) is 0 Å². The van der Waals surface area contributed by atoms with Gasteiger partial charge in [-0.2, -0.15) is 5.26 Å². The molecular formula is C8H15N9O2. The molecule has 0 radical (unpaired) electrons. The van der Waals surface area contributed by atoms with Crippen LogP contribution < -0.4 is 32.3 Å². The number of rotatable bonds is 4. The van der Waals surface area contributed by atoms with Crippen LogP contribution in [0.4, 0.5) is 9.59 Å². The molecule has 0 atom stereocenters. The topological polar surface area (TPSA) is 160 Å². The van der Waals surface area contributed by atoms with Crippen molar-refractivity contribution in [3.63, 3.8) is 0 Å². The molecule has 19 heavy (non-hydrogen) atoms. The molecule has 11 heteroatoms. The van der Waals surface area contributed by atoms with Crippen LogP contribution in [0.15, 0.2) is 4.99 Å². The molecule has 4 amide bonds. The van der Waals surface area contributed by atoms with E-state index in [9.17, 15) is 9.59 Å². The quantitative estimate of drug-likeness (QED) is 0.237. The van der Waals surface area contributed by atoms with Gasteiger partial charge < -0.3 is 31.9 Å². The summed E-state index contributed by atoms with van der Waals surface area (Å²) in [5.74, 6) is 0.372. The van der Waals surface area contributed by atoms with Gasteiger partial charge >= 0.3 is 12.1 Å². The second kappa shape index (κ2) is 7.56. The SMILES string of the molecule is N#C/N=C1\NCNCN1CNC(=O)NCNC(N)=O. The van der Waals surface area contributed by atoms with Crippen molar-refractivity contribution in [1.82, 2.24) is 31.5 Å². The Morgan fingerprint density at radius 2 is 2.26 bits per heavy atom. The van der Waals surface area contributed by atoms with Gasteiger partial charge in [0.25, 0.3) is 0 Å². The van der Waals surface area contributed by atoms with E-state index in [1.54, 1.807) is 11.1 Å². The molecule has 11 nitrogen and oxygen atoms in total. The first kappa shape index (κ1) is 14.3. The number of primary amides is 1. The third-order valence-electron chi connectivity index (χ3n) is 2.07. The molecule has 1 rings (SSSR count). The van der Waals surface area contributed by atoms with Crippen molar-refractivity contribution in [3.8, 4) is 6.19 Å². The summed E-state index contributed by atoms with van der Waals surface area (Å²) in [6.07, 6.45) is 1.67. The number of nitrogens with one attached hydrogen (secondary N) is 5. The lowest BCUT2D eigenvalue weighted by Crippen LogP contribution is -2.58. The fourth-order valence-corrected chi connectivity index (χ4v) is 1.25. The number of nitrogens with zero attached hydrogens (tertiary/aromatic N) is 3. The van der Waals surface area contributed by atoms with Crippen molar-refractivity contribution in [2.75, 3.05) is 26.7 Å². The van der Waals surface area contributed by atoms with Crippen LogP contribution in [0.3, 0.4) is 0 Å². The minimum atomic E-state index is -0.729. The molecule has 0 unspecified atom stereocenters. The van der Waals surface area contributed by atoms with Gasteiger partial charge in [-0.3, -0.25) is 5.32 Å². The minimum absolute atomic E-state index is 0.0726. The molecule has 104 valence electrons. The van der Waals surface area contributed by atoms with E-state index in [-0.39, 0.29) is 13.3 Å². The molecule has 1 aliphatic rings. The van der Waals surface area contributed by atoms with E-state index in [0.29, 0.717) is 19.3 Å². The standard InChI is InChI=1S/C8H15N9O2/c9-1-12-7-14-2-11-4-17(7)5-16-8(19)15-3-13-6(10)18/h11H,2-5H2,(H,12,14)(H3,10,13,18)(H2,15,16,19). The lowest BCUT2D eigenvalue weighted by atomic mass is 10.6. The van der Waals surface area contributed by atoms with E-state index in [0.717, 1.165) is 0 Å². The Bertz CT molecular complexity index is 402. The van der Waals surface area contributed by atoms with E-state index in [1.807, 2.05) is 0 Å². The first-order valence-corrected chi connectivity index (χ1v) is 5.35. The highest BCUT2D eigenvalue weighted by Gasteiger charge is 2.15. The summed E-state index contributed by atoms with van der Waals surface area (Å²) in [6, 6.07) is -1.22. The van der Waals surface area contributed by atoms with Crippen molar-refractivity contribution >= 4 is 18.0 Å². The molecule has 0 spiro atoms. The zero-order valence-corrected chi connectivity index (χ0v) is 10.1. The molecule has 0 aliphatic carbocycles. The number of amides is 4. The average Bonchev–Trinajstić information content (AvgIpc) is 2.37. The zero-order chi connectivity index (χ0) is 14.1. The number of hydrogen-bond acceptors (Lipinski definition) is 5. The number of guanidine groups is 1. The molecule has 0 aromatic carbocycles.